The fourth-order valence-corrected chi connectivity index (χ4v) is 1.26. The predicted octanol–water partition coefficient (Wildman–Crippen LogP) is 1.91. The van der Waals surface area contributed by atoms with Crippen LogP contribution in [0.5, 0.6) is 5.75 Å². The summed E-state index contributed by atoms with van der Waals surface area (Å²) in [4.78, 5) is 0. The molecular weight excluding hydrogens is 244 g/mol. The van der Waals surface area contributed by atoms with E-state index in [-0.39, 0.29) is 24.5 Å². The Morgan fingerprint density at radius 3 is 2.61 bits per heavy atom. The Kier molecular flexibility index (Phi) is 3.95. The van der Waals surface area contributed by atoms with Gasteiger partial charge < -0.3 is 9.47 Å². The molecule has 5 nitrogen and oxygen atoms in total. The highest BCUT2D eigenvalue weighted by molar-refractivity contribution is 5.88. The van der Waals surface area contributed by atoms with Crippen molar-refractivity contribution in [2.24, 2.45) is 5.10 Å². The molecule has 18 heavy (non-hydrogen) atoms. The molecule has 0 saturated carbocycles. The topological polar surface area (TPSA) is 46.1 Å². The van der Waals surface area contributed by atoms with E-state index in [4.69, 9.17) is 9.47 Å². The zero-order valence-electron chi connectivity index (χ0n) is 9.35. The van der Waals surface area contributed by atoms with Gasteiger partial charge in [-0.15, -0.1) is 0 Å². The van der Waals surface area contributed by atoms with Gasteiger partial charge in [0.1, 0.15) is 19.0 Å². The minimum atomic E-state index is -0.883. The van der Waals surface area contributed by atoms with Crippen molar-refractivity contribution in [2.45, 2.75) is 0 Å². The van der Waals surface area contributed by atoms with Crippen molar-refractivity contribution >= 4 is 5.90 Å². The number of ether oxygens (including phenoxy) is 2. The number of halogens is 2. The molecule has 0 atom stereocenters. The van der Waals surface area contributed by atoms with Crippen molar-refractivity contribution in [3.05, 3.63) is 42.4 Å². The van der Waals surface area contributed by atoms with Crippen LogP contribution in [0, 0.1) is 0 Å². The van der Waals surface area contributed by atoms with E-state index in [9.17, 15) is 8.87 Å². The SMILES string of the molecule is FC1=CC(OCCOc2ccccc2)=NN(F)N1. The van der Waals surface area contributed by atoms with Gasteiger partial charge in [-0.05, 0) is 17.5 Å². The molecular formula is C11H11F2N3O2. The second-order valence-electron chi connectivity index (χ2n) is 3.31. The maximum Gasteiger partial charge on any atom is 0.240 e. The fourth-order valence-electron chi connectivity index (χ4n) is 1.26. The smallest absolute Gasteiger partial charge is 0.240 e. The lowest BCUT2D eigenvalue weighted by molar-refractivity contribution is -0.0316. The third-order valence-corrected chi connectivity index (χ3v) is 1.98. The highest BCUT2D eigenvalue weighted by Crippen LogP contribution is 2.08. The first-order valence-electron chi connectivity index (χ1n) is 5.23. The normalized spacial score (nSPS) is 14.4. The van der Waals surface area contributed by atoms with E-state index < -0.39 is 5.95 Å². The number of benzene rings is 1. The Bertz CT molecular complexity index is 451. The summed E-state index contributed by atoms with van der Waals surface area (Å²) in [6.07, 6.45) is 0.943. The Labute approximate surface area is 102 Å². The molecule has 0 amide bonds. The summed E-state index contributed by atoms with van der Waals surface area (Å²) in [6.45, 7) is 0.379. The number of hydrogen-bond acceptors (Lipinski definition) is 5. The lowest BCUT2D eigenvalue weighted by atomic mass is 10.3. The zero-order chi connectivity index (χ0) is 12.8. The summed E-state index contributed by atoms with van der Waals surface area (Å²) in [5.74, 6) is -0.348. The van der Waals surface area contributed by atoms with Crippen LogP contribution in [0.15, 0.2) is 47.5 Å². The molecule has 1 aliphatic rings. The summed E-state index contributed by atoms with van der Waals surface area (Å²) in [7, 11) is 0. The van der Waals surface area contributed by atoms with E-state index in [2.05, 4.69) is 5.10 Å². The predicted molar refractivity (Wildman–Crippen MR) is 60.6 cm³/mol. The van der Waals surface area contributed by atoms with Crippen molar-refractivity contribution in [2.75, 3.05) is 13.2 Å². The van der Waals surface area contributed by atoms with Gasteiger partial charge in [0.05, 0.1) is 6.08 Å². The van der Waals surface area contributed by atoms with Crippen molar-refractivity contribution in [3.8, 4) is 5.75 Å². The highest BCUT2D eigenvalue weighted by Gasteiger charge is 2.12. The molecule has 96 valence electrons. The molecule has 0 bridgehead atoms. The van der Waals surface area contributed by atoms with E-state index in [1.54, 1.807) is 17.6 Å². The van der Waals surface area contributed by atoms with Gasteiger partial charge in [-0.3, -0.25) is 0 Å². The van der Waals surface area contributed by atoms with E-state index in [0.29, 0.717) is 5.75 Å². The van der Waals surface area contributed by atoms with Crippen LogP contribution in [0.1, 0.15) is 0 Å². The average molecular weight is 255 g/mol. The highest BCUT2D eigenvalue weighted by atomic mass is 19.2. The molecule has 1 aliphatic heterocycles. The Morgan fingerprint density at radius 1 is 1.17 bits per heavy atom. The van der Waals surface area contributed by atoms with Crippen LogP contribution in [0.4, 0.5) is 8.87 Å². The van der Waals surface area contributed by atoms with Gasteiger partial charge in [0.25, 0.3) is 0 Å². The van der Waals surface area contributed by atoms with Gasteiger partial charge in [0.2, 0.25) is 11.8 Å². The van der Waals surface area contributed by atoms with Crippen LogP contribution in [-0.4, -0.2) is 24.5 Å². The third-order valence-electron chi connectivity index (χ3n) is 1.98. The molecule has 0 spiro atoms. The van der Waals surface area contributed by atoms with Crippen molar-refractivity contribution in [3.63, 3.8) is 0 Å². The first kappa shape index (κ1) is 12.2. The molecule has 0 aliphatic carbocycles. The largest absolute Gasteiger partial charge is 0.490 e. The van der Waals surface area contributed by atoms with Crippen LogP contribution in [0.2, 0.25) is 0 Å². The van der Waals surface area contributed by atoms with Crippen molar-refractivity contribution in [1.29, 1.82) is 0 Å². The molecule has 1 aromatic carbocycles. The van der Waals surface area contributed by atoms with Crippen molar-refractivity contribution < 1.29 is 18.3 Å². The van der Waals surface area contributed by atoms with E-state index in [1.807, 2.05) is 18.2 Å². The number of nitrogens with one attached hydrogen (secondary N) is 1. The number of hydrogen-bond donors (Lipinski definition) is 1. The summed E-state index contributed by atoms with van der Waals surface area (Å²) >= 11 is 0. The number of hydrazine groups is 1. The Morgan fingerprint density at radius 2 is 1.89 bits per heavy atom. The number of hydrazone groups is 1. The zero-order valence-corrected chi connectivity index (χ0v) is 9.35. The fraction of sp³-hybridized carbons (Fsp3) is 0.182. The maximum absolute atomic E-state index is 12.7. The van der Waals surface area contributed by atoms with Gasteiger partial charge in [0, 0.05) is 0 Å². The first-order chi connectivity index (χ1) is 8.74. The van der Waals surface area contributed by atoms with E-state index >= 15 is 0 Å². The second kappa shape index (κ2) is 5.85. The number of para-hydroxylation sites is 1. The number of nitrogens with zero attached hydrogens (tertiary/aromatic N) is 2. The summed E-state index contributed by atoms with van der Waals surface area (Å²) in [5.41, 5.74) is 1.69. The molecule has 1 aromatic rings. The van der Waals surface area contributed by atoms with Crippen LogP contribution in [0.3, 0.4) is 0 Å². The molecule has 7 heteroatoms. The monoisotopic (exact) mass is 255 g/mol. The molecule has 1 heterocycles. The van der Waals surface area contributed by atoms with Crippen LogP contribution >= 0.6 is 0 Å². The Hall–Kier alpha value is -2.31. The molecule has 0 fully saturated rings. The van der Waals surface area contributed by atoms with Gasteiger partial charge >= 0.3 is 0 Å². The van der Waals surface area contributed by atoms with Gasteiger partial charge in [-0.1, -0.05) is 27.8 Å². The van der Waals surface area contributed by atoms with Crippen molar-refractivity contribution in [1.82, 2.24) is 10.8 Å². The Balaban J connectivity index is 1.73. The lowest BCUT2D eigenvalue weighted by Gasteiger charge is -2.15. The van der Waals surface area contributed by atoms with Gasteiger partial charge in [0.15, 0.2) is 0 Å². The quantitative estimate of drug-likeness (QED) is 0.507. The summed E-state index contributed by atoms with van der Waals surface area (Å²) < 4.78 is 35.7. The molecule has 0 radical (unpaired) electrons. The minimum absolute atomic E-state index is 0.130. The third kappa shape index (κ3) is 3.62. The lowest BCUT2D eigenvalue weighted by Crippen LogP contribution is -2.30. The van der Waals surface area contributed by atoms with Crippen LogP contribution in [0.25, 0.3) is 0 Å². The van der Waals surface area contributed by atoms with E-state index in [1.165, 1.54) is 0 Å². The average Bonchev–Trinajstić information content (AvgIpc) is 2.35. The molecule has 0 aromatic heterocycles. The molecule has 2 rings (SSSR count). The van der Waals surface area contributed by atoms with Crippen LogP contribution < -0.4 is 10.2 Å². The second-order valence-corrected chi connectivity index (χ2v) is 3.31. The summed E-state index contributed by atoms with van der Waals surface area (Å²) in [6, 6.07) is 9.14. The van der Waals surface area contributed by atoms with Gasteiger partial charge in [-0.2, -0.15) is 4.39 Å². The number of rotatable bonds is 4. The molecule has 0 saturated heterocycles. The first-order valence-corrected chi connectivity index (χ1v) is 5.23. The van der Waals surface area contributed by atoms with Gasteiger partial charge in [-0.25, -0.2) is 5.43 Å². The molecule has 0 unspecified atom stereocenters. The maximum atomic E-state index is 12.7. The van der Waals surface area contributed by atoms with Crippen LogP contribution in [-0.2, 0) is 4.74 Å². The standard InChI is InChI=1S/C11H11F2N3O2/c12-10-8-11(15-16(13)14-10)18-7-6-17-9-4-2-1-3-5-9/h1-5,8,14H,6-7H2. The minimum Gasteiger partial charge on any atom is -0.490 e. The molecule has 1 N–H and O–H groups in total. The summed E-state index contributed by atoms with van der Waals surface area (Å²) in [5, 5.41) is 2.99. The van der Waals surface area contributed by atoms with E-state index in [0.717, 1.165) is 6.08 Å².